The molecule has 1 atom stereocenters. The maximum atomic E-state index is 10.6. The Hall–Kier alpha value is -2.16. The molecule has 0 amide bonds. The quantitative estimate of drug-likeness (QED) is 0.788. The van der Waals surface area contributed by atoms with Crippen molar-refractivity contribution in [3.63, 3.8) is 0 Å². The molecule has 9 heteroatoms. The van der Waals surface area contributed by atoms with Gasteiger partial charge in [0.1, 0.15) is 0 Å². The Bertz CT molecular complexity index is 788. The number of carboxylic acid groups (broad SMARTS) is 1. The van der Waals surface area contributed by atoms with E-state index in [0.717, 1.165) is 47.8 Å². The fourth-order valence-corrected chi connectivity index (χ4v) is 3.14. The van der Waals surface area contributed by atoms with Crippen LogP contribution in [0.5, 0.6) is 0 Å². The summed E-state index contributed by atoms with van der Waals surface area (Å²) in [5.41, 5.74) is 3.07. The van der Waals surface area contributed by atoms with Crippen molar-refractivity contribution in [2.24, 2.45) is 0 Å². The molecular formula is C19H20ClF3N2O3. The molecule has 152 valence electrons. The van der Waals surface area contributed by atoms with Gasteiger partial charge in [-0.2, -0.15) is 13.2 Å². The summed E-state index contributed by atoms with van der Waals surface area (Å²) in [5, 5.41) is 17.3. The minimum absolute atomic E-state index is 0.226. The number of hydrogen-bond donors (Lipinski definition) is 2. The molecule has 1 saturated heterocycles. The number of hydrogen-bond acceptors (Lipinski definition) is 4. The van der Waals surface area contributed by atoms with Gasteiger partial charge < -0.3 is 10.2 Å². The lowest BCUT2D eigenvalue weighted by Crippen LogP contribution is -2.31. The lowest BCUT2D eigenvalue weighted by molar-refractivity contribution is -0.192. The van der Waals surface area contributed by atoms with Crippen LogP contribution in [0.3, 0.4) is 0 Å². The number of carbonyl (C=O) groups is 1. The Morgan fingerprint density at radius 3 is 2.54 bits per heavy atom. The van der Waals surface area contributed by atoms with Gasteiger partial charge in [0.25, 0.3) is 0 Å². The minimum atomic E-state index is -5.08. The van der Waals surface area contributed by atoms with Gasteiger partial charge in [-0.25, -0.2) is 4.79 Å². The van der Waals surface area contributed by atoms with Gasteiger partial charge in [-0.3, -0.25) is 9.88 Å². The summed E-state index contributed by atoms with van der Waals surface area (Å²) in [6, 6.07) is 12.2. The number of nitrogens with zero attached hydrogens (tertiary/aromatic N) is 2. The number of aliphatic hydroxyl groups is 1. The monoisotopic (exact) mass is 416 g/mol. The maximum absolute atomic E-state index is 10.6. The van der Waals surface area contributed by atoms with Gasteiger partial charge in [0.05, 0.1) is 12.3 Å². The first-order chi connectivity index (χ1) is 13.2. The van der Waals surface area contributed by atoms with Gasteiger partial charge in [-0.05, 0) is 43.1 Å². The average molecular weight is 417 g/mol. The molecular weight excluding hydrogens is 397 g/mol. The van der Waals surface area contributed by atoms with Crippen LogP contribution in [0.15, 0.2) is 42.6 Å². The molecule has 1 fully saturated rings. The SMILES string of the molecule is O=C(O)C(F)(F)F.OC[C@@H]1CCCN1Cc1ccc(-c2ccccn2)cc1Cl. The Morgan fingerprint density at radius 2 is 2.00 bits per heavy atom. The topological polar surface area (TPSA) is 73.7 Å². The molecule has 1 aliphatic rings. The van der Waals surface area contributed by atoms with Crippen LogP contribution >= 0.6 is 11.6 Å². The molecule has 2 N–H and O–H groups in total. The molecule has 1 aliphatic heterocycles. The molecule has 3 rings (SSSR count). The number of pyridine rings is 1. The highest BCUT2D eigenvalue weighted by molar-refractivity contribution is 6.31. The van der Waals surface area contributed by atoms with Crippen molar-refractivity contribution in [1.82, 2.24) is 9.88 Å². The van der Waals surface area contributed by atoms with E-state index in [9.17, 15) is 18.3 Å². The highest BCUT2D eigenvalue weighted by Gasteiger charge is 2.38. The second-order valence-corrected chi connectivity index (χ2v) is 6.68. The van der Waals surface area contributed by atoms with E-state index in [1.807, 2.05) is 24.3 Å². The number of aliphatic hydroxyl groups excluding tert-OH is 1. The smallest absolute Gasteiger partial charge is 0.475 e. The number of likely N-dealkylation sites (tertiary alicyclic amines) is 1. The van der Waals surface area contributed by atoms with Crippen LogP contribution in [0.2, 0.25) is 5.02 Å². The number of carboxylic acids is 1. The number of aliphatic carboxylic acids is 1. The molecule has 0 aliphatic carbocycles. The number of aromatic nitrogens is 1. The molecule has 0 bridgehead atoms. The van der Waals surface area contributed by atoms with Gasteiger partial charge in [-0.15, -0.1) is 0 Å². The van der Waals surface area contributed by atoms with Crippen molar-refractivity contribution >= 4 is 17.6 Å². The van der Waals surface area contributed by atoms with Crippen LogP contribution in [0.4, 0.5) is 13.2 Å². The summed E-state index contributed by atoms with van der Waals surface area (Å²) in [4.78, 5) is 15.5. The third-order valence-electron chi connectivity index (χ3n) is 4.34. The summed E-state index contributed by atoms with van der Waals surface area (Å²) in [5.74, 6) is -2.76. The Labute approximate surface area is 165 Å². The van der Waals surface area contributed by atoms with Crippen LogP contribution in [-0.4, -0.2) is 51.4 Å². The molecule has 2 aromatic rings. The Balaban J connectivity index is 0.000000345. The number of rotatable bonds is 4. The van der Waals surface area contributed by atoms with Crippen LogP contribution in [0, 0.1) is 0 Å². The fourth-order valence-electron chi connectivity index (χ4n) is 2.90. The molecule has 0 radical (unpaired) electrons. The fraction of sp³-hybridized carbons (Fsp3) is 0.368. The summed E-state index contributed by atoms with van der Waals surface area (Å²) in [7, 11) is 0. The zero-order valence-corrected chi connectivity index (χ0v) is 15.6. The summed E-state index contributed by atoms with van der Waals surface area (Å²) < 4.78 is 31.7. The lowest BCUT2D eigenvalue weighted by atomic mass is 10.1. The number of benzene rings is 1. The third-order valence-corrected chi connectivity index (χ3v) is 4.69. The van der Waals surface area contributed by atoms with E-state index in [1.165, 1.54) is 0 Å². The van der Waals surface area contributed by atoms with Gasteiger partial charge >= 0.3 is 12.1 Å². The zero-order valence-electron chi connectivity index (χ0n) is 14.9. The van der Waals surface area contributed by atoms with Gasteiger partial charge in [-0.1, -0.05) is 29.8 Å². The van der Waals surface area contributed by atoms with Crippen LogP contribution in [0.1, 0.15) is 18.4 Å². The zero-order chi connectivity index (χ0) is 20.7. The van der Waals surface area contributed by atoms with Crippen LogP contribution < -0.4 is 0 Å². The second kappa shape index (κ2) is 9.86. The van der Waals surface area contributed by atoms with Crippen molar-refractivity contribution < 1.29 is 28.2 Å². The van der Waals surface area contributed by atoms with E-state index >= 15 is 0 Å². The molecule has 5 nitrogen and oxygen atoms in total. The molecule has 1 aromatic heterocycles. The first-order valence-electron chi connectivity index (χ1n) is 8.57. The summed E-state index contributed by atoms with van der Waals surface area (Å²) >= 11 is 6.43. The van der Waals surface area contributed by atoms with Crippen molar-refractivity contribution in [2.45, 2.75) is 31.6 Å². The van der Waals surface area contributed by atoms with Crippen LogP contribution in [-0.2, 0) is 11.3 Å². The largest absolute Gasteiger partial charge is 0.490 e. The molecule has 0 saturated carbocycles. The molecule has 0 spiro atoms. The van der Waals surface area contributed by atoms with Crippen molar-refractivity contribution in [3.8, 4) is 11.3 Å². The number of alkyl halides is 3. The van der Waals surface area contributed by atoms with Gasteiger partial charge in [0, 0.05) is 29.4 Å². The summed E-state index contributed by atoms with van der Waals surface area (Å²) in [6.45, 7) is 2.06. The minimum Gasteiger partial charge on any atom is -0.475 e. The standard InChI is InChI=1S/C17H19ClN2O.C2HF3O2/c18-16-10-13(17-5-1-2-8-19-17)6-7-14(16)11-20-9-3-4-15(20)12-21;3-2(4,5)1(6)7/h1-2,5-8,10,15,21H,3-4,9,11-12H2;(H,6,7)/t15-;/m0./s1. The van der Waals surface area contributed by atoms with E-state index in [-0.39, 0.29) is 12.6 Å². The lowest BCUT2D eigenvalue weighted by Gasteiger charge is -2.23. The van der Waals surface area contributed by atoms with E-state index in [1.54, 1.807) is 6.20 Å². The molecule has 1 aromatic carbocycles. The van der Waals surface area contributed by atoms with Crippen LogP contribution in [0.25, 0.3) is 11.3 Å². The van der Waals surface area contributed by atoms with E-state index < -0.39 is 12.1 Å². The first-order valence-corrected chi connectivity index (χ1v) is 8.95. The Morgan fingerprint density at radius 1 is 1.29 bits per heavy atom. The normalized spacial score (nSPS) is 17.1. The van der Waals surface area contributed by atoms with E-state index in [2.05, 4.69) is 22.0 Å². The molecule has 2 heterocycles. The molecule has 0 unspecified atom stereocenters. The first kappa shape index (κ1) is 22.1. The van der Waals surface area contributed by atoms with E-state index in [0.29, 0.717) is 0 Å². The van der Waals surface area contributed by atoms with Crippen molar-refractivity contribution in [1.29, 1.82) is 0 Å². The average Bonchev–Trinajstić information content (AvgIpc) is 3.11. The van der Waals surface area contributed by atoms with Crippen molar-refractivity contribution in [3.05, 3.63) is 53.2 Å². The second-order valence-electron chi connectivity index (χ2n) is 6.27. The predicted molar refractivity (Wildman–Crippen MR) is 98.9 cm³/mol. The predicted octanol–water partition coefficient (Wildman–Crippen LogP) is 3.99. The molecule has 28 heavy (non-hydrogen) atoms. The highest BCUT2D eigenvalue weighted by atomic mass is 35.5. The highest BCUT2D eigenvalue weighted by Crippen LogP contribution is 2.27. The van der Waals surface area contributed by atoms with Gasteiger partial charge in [0.2, 0.25) is 0 Å². The Kier molecular flexibility index (Phi) is 7.79. The third kappa shape index (κ3) is 6.19. The van der Waals surface area contributed by atoms with Crippen molar-refractivity contribution in [2.75, 3.05) is 13.2 Å². The maximum Gasteiger partial charge on any atom is 0.490 e. The van der Waals surface area contributed by atoms with E-state index in [4.69, 9.17) is 21.5 Å². The summed E-state index contributed by atoms with van der Waals surface area (Å²) in [6.07, 6.45) is -1.08. The number of halogens is 4. The van der Waals surface area contributed by atoms with Gasteiger partial charge in [0.15, 0.2) is 0 Å².